The minimum atomic E-state index is -0.0354. The standard InChI is InChI=1S/C16H24N2O4/c1-12(19)17-10-6-4-5-7-16(20)18-13-8-9-14(21-2)15(11-13)22-3/h8-9,11H,4-7,10H2,1-3H3,(H,17,19)(H,18,20). The summed E-state index contributed by atoms with van der Waals surface area (Å²) in [5.41, 5.74) is 0.681. The monoisotopic (exact) mass is 308 g/mol. The molecule has 1 aromatic carbocycles. The molecule has 6 nitrogen and oxygen atoms in total. The van der Waals surface area contributed by atoms with Crippen LogP contribution in [0.25, 0.3) is 0 Å². The number of carbonyl (C=O) groups is 2. The molecule has 0 heterocycles. The molecule has 2 N–H and O–H groups in total. The fourth-order valence-corrected chi connectivity index (χ4v) is 1.99. The molecule has 0 fully saturated rings. The Labute approximate surface area is 131 Å². The third-order valence-corrected chi connectivity index (χ3v) is 3.12. The van der Waals surface area contributed by atoms with Crippen LogP contribution in [0.15, 0.2) is 18.2 Å². The number of anilines is 1. The molecule has 1 aromatic rings. The van der Waals surface area contributed by atoms with Crippen LogP contribution in [0.5, 0.6) is 11.5 Å². The van der Waals surface area contributed by atoms with E-state index in [1.807, 2.05) is 0 Å². The lowest BCUT2D eigenvalue weighted by Crippen LogP contribution is -2.20. The van der Waals surface area contributed by atoms with E-state index >= 15 is 0 Å². The first-order chi connectivity index (χ1) is 10.6. The van der Waals surface area contributed by atoms with Crippen molar-refractivity contribution in [3.63, 3.8) is 0 Å². The van der Waals surface area contributed by atoms with Gasteiger partial charge in [-0.3, -0.25) is 9.59 Å². The summed E-state index contributed by atoms with van der Waals surface area (Å²) in [6, 6.07) is 5.26. The Morgan fingerprint density at radius 3 is 2.41 bits per heavy atom. The first-order valence-electron chi connectivity index (χ1n) is 7.33. The summed E-state index contributed by atoms with van der Waals surface area (Å²) in [7, 11) is 3.12. The van der Waals surface area contributed by atoms with Crippen LogP contribution in [0, 0.1) is 0 Å². The Bertz CT molecular complexity index is 503. The molecule has 0 radical (unpaired) electrons. The van der Waals surface area contributed by atoms with Crippen LogP contribution < -0.4 is 20.1 Å². The van der Waals surface area contributed by atoms with Crippen molar-refractivity contribution in [2.24, 2.45) is 0 Å². The molecule has 0 aliphatic rings. The predicted molar refractivity (Wildman–Crippen MR) is 85.3 cm³/mol. The Hall–Kier alpha value is -2.24. The highest BCUT2D eigenvalue weighted by Gasteiger charge is 2.07. The van der Waals surface area contributed by atoms with Crippen molar-refractivity contribution in [1.29, 1.82) is 0 Å². The molecule has 0 saturated heterocycles. The molecule has 2 amide bonds. The Morgan fingerprint density at radius 1 is 1.05 bits per heavy atom. The highest BCUT2D eigenvalue weighted by molar-refractivity contribution is 5.91. The van der Waals surface area contributed by atoms with E-state index in [0.29, 0.717) is 30.2 Å². The van der Waals surface area contributed by atoms with Gasteiger partial charge in [0.25, 0.3) is 0 Å². The highest BCUT2D eigenvalue weighted by Crippen LogP contribution is 2.29. The molecule has 0 aliphatic carbocycles. The van der Waals surface area contributed by atoms with E-state index in [1.165, 1.54) is 6.92 Å². The Kier molecular flexibility index (Phi) is 7.81. The summed E-state index contributed by atoms with van der Waals surface area (Å²) >= 11 is 0. The maximum Gasteiger partial charge on any atom is 0.224 e. The van der Waals surface area contributed by atoms with E-state index in [4.69, 9.17) is 9.47 Å². The van der Waals surface area contributed by atoms with Gasteiger partial charge in [-0.2, -0.15) is 0 Å². The quantitative estimate of drug-likeness (QED) is 0.687. The predicted octanol–water partition coefficient (Wildman–Crippen LogP) is 2.34. The van der Waals surface area contributed by atoms with E-state index in [1.54, 1.807) is 32.4 Å². The fourth-order valence-electron chi connectivity index (χ4n) is 1.99. The van der Waals surface area contributed by atoms with E-state index in [-0.39, 0.29) is 11.8 Å². The van der Waals surface area contributed by atoms with Gasteiger partial charge in [-0.15, -0.1) is 0 Å². The second-order valence-corrected chi connectivity index (χ2v) is 4.91. The summed E-state index contributed by atoms with van der Waals surface area (Å²) < 4.78 is 10.3. The van der Waals surface area contributed by atoms with Crippen molar-refractivity contribution in [1.82, 2.24) is 5.32 Å². The molecule has 1 rings (SSSR count). The number of ether oxygens (including phenoxy) is 2. The van der Waals surface area contributed by atoms with Crippen LogP contribution in [0.4, 0.5) is 5.69 Å². The summed E-state index contributed by atoms with van der Waals surface area (Å²) in [6.07, 6.45) is 3.02. The maximum atomic E-state index is 11.9. The number of hydrogen-bond donors (Lipinski definition) is 2. The average molecular weight is 308 g/mol. The van der Waals surface area contributed by atoms with Crippen molar-refractivity contribution in [3.05, 3.63) is 18.2 Å². The van der Waals surface area contributed by atoms with Gasteiger partial charge in [0.05, 0.1) is 14.2 Å². The van der Waals surface area contributed by atoms with Crippen LogP contribution in [0.1, 0.15) is 32.6 Å². The fraction of sp³-hybridized carbons (Fsp3) is 0.500. The van der Waals surface area contributed by atoms with E-state index in [2.05, 4.69) is 10.6 Å². The number of carbonyl (C=O) groups excluding carboxylic acids is 2. The molecule has 122 valence electrons. The van der Waals surface area contributed by atoms with Crippen LogP contribution in [0.3, 0.4) is 0 Å². The maximum absolute atomic E-state index is 11.9. The van der Waals surface area contributed by atoms with Crippen molar-refractivity contribution >= 4 is 17.5 Å². The highest BCUT2D eigenvalue weighted by atomic mass is 16.5. The number of rotatable bonds is 9. The van der Waals surface area contributed by atoms with Crippen molar-refractivity contribution < 1.29 is 19.1 Å². The molecule has 0 unspecified atom stereocenters. The second-order valence-electron chi connectivity index (χ2n) is 4.91. The zero-order chi connectivity index (χ0) is 16.4. The van der Waals surface area contributed by atoms with Crippen LogP contribution >= 0.6 is 0 Å². The molecule has 22 heavy (non-hydrogen) atoms. The van der Waals surface area contributed by atoms with Gasteiger partial charge in [-0.05, 0) is 25.0 Å². The SMILES string of the molecule is COc1ccc(NC(=O)CCCCCNC(C)=O)cc1OC. The molecule has 0 spiro atoms. The minimum absolute atomic E-state index is 0.0220. The number of methoxy groups -OCH3 is 2. The zero-order valence-corrected chi connectivity index (χ0v) is 13.4. The summed E-state index contributed by atoms with van der Waals surface area (Å²) in [6.45, 7) is 2.16. The number of amides is 2. The third-order valence-electron chi connectivity index (χ3n) is 3.12. The van der Waals surface area contributed by atoms with Gasteiger partial charge in [-0.1, -0.05) is 6.42 Å². The van der Waals surface area contributed by atoms with Gasteiger partial charge in [0, 0.05) is 31.6 Å². The third kappa shape index (κ3) is 6.47. The van der Waals surface area contributed by atoms with Gasteiger partial charge in [0.2, 0.25) is 11.8 Å². The molecule has 0 aromatic heterocycles. The van der Waals surface area contributed by atoms with Crippen molar-refractivity contribution in [3.8, 4) is 11.5 Å². The first-order valence-corrected chi connectivity index (χ1v) is 7.33. The number of unbranched alkanes of at least 4 members (excludes halogenated alkanes) is 2. The Morgan fingerprint density at radius 2 is 1.77 bits per heavy atom. The van der Waals surface area contributed by atoms with E-state index < -0.39 is 0 Å². The van der Waals surface area contributed by atoms with Crippen LogP contribution in [-0.2, 0) is 9.59 Å². The largest absolute Gasteiger partial charge is 0.493 e. The van der Waals surface area contributed by atoms with Crippen molar-refractivity contribution in [2.75, 3.05) is 26.1 Å². The van der Waals surface area contributed by atoms with E-state index in [9.17, 15) is 9.59 Å². The van der Waals surface area contributed by atoms with Gasteiger partial charge in [0.1, 0.15) is 0 Å². The lowest BCUT2D eigenvalue weighted by atomic mass is 10.2. The molecule has 0 bridgehead atoms. The Balaban J connectivity index is 2.31. The van der Waals surface area contributed by atoms with Gasteiger partial charge < -0.3 is 20.1 Å². The minimum Gasteiger partial charge on any atom is -0.493 e. The van der Waals surface area contributed by atoms with Gasteiger partial charge >= 0.3 is 0 Å². The summed E-state index contributed by atoms with van der Waals surface area (Å²) in [5.74, 6) is 1.15. The molecular weight excluding hydrogens is 284 g/mol. The van der Waals surface area contributed by atoms with Gasteiger partial charge in [-0.25, -0.2) is 0 Å². The van der Waals surface area contributed by atoms with Gasteiger partial charge in [0.15, 0.2) is 11.5 Å². The molecular formula is C16H24N2O4. The lowest BCUT2D eigenvalue weighted by Gasteiger charge is -2.10. The van der Waals surface area contributed by atoms with Crippen LogP contribution in [-0.4, -0.2) is 32.6 Å². The molecule has 0 saturated carbocycles. The smallest absolute Gasteiger partial charge is 0.224 e. The topological polar surface area (TPSA) is 76.7 Å². The first kappa shape index (κ1) is 17.8. The summed E-state index contributed by atoms with van der Waals surface area (Å²) in [4.78, 5) is 22.5. The molecule has 6 heteroatoms. The number of benzene rings is 1. The summed E-state index contributed by atoms with van der Waals surface area (Å²) in [5, 5.41) is 5.56. The average Bonchev–Trinajstić information content (AvgIpc) is 2.50. The zero-order valence-electron chi connectivity index (χ0n) is 13.4. The second kappa shape index (κ2) is 9.65. The molecule has 0 atom stereocenters. The van der Waals surface area contributed by atoms with Crippen LogP contribution in [0.2, 0.25) is 0 Å². The van der Waals surface area contributed by atoms with Crippen molar-refractivity contribution in [2.45, 2.75) is 32.6 Å². The number of hydrogen-bond acceptors (Lipinski definition) is 4. The normalized spacial score (nSPS) is 9.95. The lowest BCUT2D eigenvalue weighted by molar-refractivity contribution is -0.119. The number of nitrogens with one attached hydrogen (secondary N) is 2. The van der Waals surface area contributed by atoms with E-state index in [0.717, 1.165) is 19.3 Å². The molecule has 0 aliphatic heterocycles.